The lowest BCUT2D eigenvalue weighted by Crippen LogP contribution is -2.29. The first-order valence-electron chi connectivity index (χ1n) is 6.36. The molecule has 1 rings (SSSR count). The number of rotatable bonds is 5. The molecule has 0 aliphatic rings. The summed E-state index contributed by atoms with van der Waals surface area (Å²) in [4.78, 5) is 11.9. The molecule has 118 valence electrons. The van der Waals surface area contributed by atoms with E-state index in [-0.39, 0.29) is 18.4 Å². The van der Waals surface area contributed by atoms with E-state index in [4.69, 9.17) is 16.3 Å². The van der Waals surface area contributed by atoms with Crippen molar-refractivity contribution in [1.29, 1.82) is 0 Å². The fourth-order valence-corrected chi connectivity index (χ4v) is 1.75. The Morgan fingerprint density at radius 2 is 2.00 bits per heavy atom. The molecular weight excluding hydrogens is 307 g/mol. The van der Waals surface area contributed by atoms with Gasteiger partial charge >= 0.3 is 6.18 Å². The average molecular weight is 324 g/mol. The summed E-state index contributed by atoms with van der Waals surface area (Å²) in [6.07, 6.45) is -4.67. The molecule has 0 saturated carbocycles. The number of ether oxygens (including phenoxy) is 1. The number of carbonyl (C=O) groups excluding carboxylic acids is 1. The summed E-state index contributed by atoms with van der Waals surface area (Å²) in [6, 6.07) is 3.68. The van der Waals surface area contributed by atoms with Crippen LogP contribution in [0, 0.1) is 6.92 Å². The van der Waals surface area contributed by atoms with Crippen LogP contribution in [-0.4, -0.2) is 24.0 Å². The maximum absolute atomic E-state index is 12.9. The number of para-hydroxylation sites is 1. The fourth-order valence-electron chi connectivity index (χ4n) is 1.62. The summed E-state index contributed by atoms with van der Waals surface area (Å²) >= 11 is 5.83. The van der Waals surface area contributed by atoms with Crippen LogP contribution in [0.5, 0.6) is 0 Å². The van der Waals surface area contributed by atoms with E-state index in [1.54, 1.807) is 13.8 Å². The van der Waals surface area contributed by atoms with Crippen molar-refractivity contribution < 1.29 is 22.7 Å². The lowest BCUT2D eigenvalue weighted by Gasteiger charge is -2.18. The lowest BCUT2D eigenvalue weighted by molar-refractivity contribution is -0.137. The molecule has 0 heterocycles. The van der Waals surface area contributed by atoms with E-state index in [0.29, 0.717) is 5.56 Å². The monoisotopic (exact) mass is 323 g/mol. The molecule has 0 saturated heterocycles. The summed E-state index contributed by atoms with van der Waals surface area (Å²) in [6.45, 7) is 4.95. The Hall–Kier alpha value is -1.27. The van der Waals surface area contributed by atoms with Crippen molar-refractivity contribution in [2.24, 2.45) is 0 Å². The molecule has 0 spiro atoms. The van der Waals surface area contributed by atoms with E-state index in [0.717, 1.165) is 6.07 Å². The molecule has 0 bridgehead atoms. The van der Waals surface area contributed by atoms with Crippen molar-refractivity contribution in [1.82, 2.24) is 0 Å². The number of aryl methyl sites for hydroxylation is 1. The number of nitrogens with one attached hydrogen (secondary N) is 1. The second-order valence-electron chi connectivity index (χ2n) is 4.83. The first kappa shape index (κ1) is 17.8. The first-order valence-corrected chi connectivity index (χ1v) is 6.80. The molecule has 0 aliphatic carbocycles. The van der Waals surface area contributed by atoms with Gasteiger partial charge in [0.1, 0.15) is 5.38 Å². The van der Waals surface area contributed by atoms with Crippen LogP contribution in [0.25, 0.3) is 0 Å². The molecule has 3 nitrogen and oxygen atoms in total. The summed E-state index contributed by atoms with van der Waals surface area (Å²) in [5.74, 6) is -0.725. The Labute approximate surface area is 126 Å². The summed E-state index contributed by atoms with van der Waals surface area (Å²) in [5, 5.41) is 1.18. The molecule has 0 aromatic heterocycles. The van der Waals surface area contributed by atoms with E-state index in [1.165, 1.54) is 19.1 Å². The predicted octanol–water partition coefficient (Wildman–Crippen LogP) is 3.98. The van der Waals surface area contributed by atoms with Crippen molar-refractivity contribution in [2.45, 2.75) is 38.4 Å². The van der Waals surface area contributed by atoms with E-state index in [9.17, 15) is 18.0 Å². The summed E-state index contributed by atoms with van der Waals surface area (Å²) < 4.78 is 43.9. The van der Waals surface area contributed by atoms with Gasteiger partial charge in [0.2, 0.25) is 5.91 Å². The molecule has 1 N–H and O–H groups in total. The molecule has 1 atom stereocenters. The zero-order valence-corrected chi connectivity index (χ0v) is 12.7. The first-order chi connectivity index (χ1) is 9.62. The van der Waals surface area contributed by atoms with Crippen LogP contribution in [-0.2, 0) is 15.7 Å². The number of alkyl halides is 4. The number of hydrogen-bond donors (Lipinski definition) is 1. The number of carbonyl (C=O) groups is 1. The van der Waals surface area contributed by atoms with Gasteiger partial charge in [-0.25, -0.2) is 0 Å². The van der Waals surface area contributed by atoms with Gasteiger partial charge in [0.25, 0.3) is 0 Å². The second-order valence-corrected chi connectivity index (χ2v) is 5.36. The molecule has 21 heavy (non-hydrogen) atoms. The van der Waals surface area contributed by atoms with Crippen molar-refractivity contribution in [3.63, 3.8) is 0 Å². The van der Waals surface area contributed by atoms with Crippen LogP contribution in [0.4, 0.5) is 18.9 Å². The van der Waals surface area contributed by atoms with Gasteiger partial charge in [0.05, 0.1) is 24.0 Å². The van der Waals surface area contributed by atoms with Crippen LogP contribution in [0.1, 0.15) is 25.0 Å². The molecule has 1 aromatic carbocycles. The molecule has 0 aliphatic heterocycles. The highest BCUT2D eigenvalue weighted by Gasteiger charge is 2.34. The number of amides is 1. The molecule has 1 amide bonds. The third-order valence-corrected chi connectivity index (χ3v) is 3.01. The molecule has 0 fully saturated rings. The maximum atomic E-state index is 12.9. The highest BCUT2D eigenvalue weighted by molar-refractivity contribution is 6.32. The van der Waals surface area contributed by atoms with Crippen molar-refractivity contribution in [2.75, 3.05) is 11.9 Å². The zero-order valence-electron chi connectivity index (χ0n) is 11.9. The molecule has 0 radical (unpaired) electrons. The van der Waals surface area contributed by atoms with Crippen molar-refractivity contribution >= 4 is 23.2 Å². The Morgan fingerprint density at radius 3 is 2.52 bits per heavy atom. The smallest absolute Gasteiger partial charge is 0.377 e. The third-order valence-electron chi connectivity index (χ3n) is 2.69. The minimum Gasteiger partial charge on any atom is -0.377 e. The summed E-state index contributed by atoms with van der Waals surface area (Å²) in [5.41, 5.74) is -0.860. The van der Waals surface area contributed by atoms with Gasteiger partial charge in [0.15, 0.2) is 0 Å². The lowest BCUT2D eigenvalue weighted by atomic mass is 10.1. The minimum atomic E-state index is -4.55. The largest absolute Gasteiger partial charge is 0.418 e. The third kappa shape index (κ3) is 5.21. The number of benzene rings is 1. The van der Waals surface area contributed by atoms with Crippen molar-refractivity contribution in [3.05, 3.63) is 29.3 Å². The van der Waals surface area contributed by atoms with Crippen molar-refractivity contribution in [3.8, 4) is 0 Å². The normalized spacial score (nSPS) is 13.3. The predicted molar refractivity (Wildman–Crippen MR) is 75.5 cm³/mol. The molecule has 7 heteroatoms. The quantitative estimate of drug-likeness (QED) is 0.832. The van der Waals surface area contributed by atoms with Gasteiger partial charge in [-0.3, -0.25) is 4.79 Å². The van der Waals surface area contributed by atoms with E-state index < -0.39 is 23.0 Å². The number of hydrogen-bond acceptors (Lipinski definition) is 2. The fraction of sp³-hybridized carbons (Fsp3) is 0.500. The molecule has 0 unspecified atom stereocenters. The van der Waals surface area contributed by atoms with Crippen LogP contribution in [0.3, 0.4) is 0 Å². The Bertz CT molecular complexity index is 503. The second kappa shape index (κ2) is 7.13. The highest BCUT2D eigenvalue weighted by atomic mass is 35.5. The Kier molecular flexibility index (Phi) is 6.04. The van der Waals surface area contributed by atoms with Crippen LogP contribution in [0.2, 0.25) is 0 Å². The van der Waals surface area contributed by atoms with Crippen LogP contribution >= 0.6 is 11.6 Å². The van der Waals surface area contributed by atoms with Gasteiger partial charge in [0, 0.05) is 0 Å². The number of halogens is 4. The van der Waals surface area contributed by atoms with Gasteiger partial charge in [-0.2, -0.15) is 13.2 Å². The van der Waals surface area contributed by atoms with E-state index >= 15 is 0 Å². The van der Waals surface area contributed by atoms with E-state index in [2.05, 4.69) is 5.32 Å². The van der Waals surface area contributed by atoms with Gasteiger partial charge in [-0.1, -0.05) is 12.1 Å². The topological polar surface area (TPSA) is 38.3 Å². The Balaban J connectivity index is 2.90. The van der Waals surface area contributed by atoms with Crippen LogP contribution < -0.4 is 5.32 Å². The zero-order chi connectivity index (χ0) is 16.2. The van der Waals surface area contributed by atoms with Gasteiger partial charge in [-0.15, -0.1) is 11.6 Å². The summed E-state index contributed by atoms with van der Waals surface area (Å²) in [7, 11) is 0. The SMILES string of the molecule is Cc1cccc(C(F)(F)F)c1NC(=O)[C@H](Cl)COC(C)C. The number of anilines is 1. The van der Waals surface area contributed by atoms with E-state index in [1.807, 2.05) is 0 Å². The highest BCUT2D eigenvalue weighted by Crippen LogP contribution is 2.36. The van der Waals surface area contributed by atoms with Crippen LogP contribution in [0.15, 0.2) is 18.2 Å². The maximum Gasteiger partial charge on any atom is 0.418 e. The van der Waals surface area contributed by atoms with Gasteiger partial charge < -0.3 is 10.1 Å². The standard InChI is InChI=1S/C14H17ClF3NO2/c1-8(2)21-7-11(15)13(20)19-12-9(3)5-4-6-10(12)14(16,17)18/h4-6,8,11H,7H2,1-3H3,(H,19,20)/t11-/m1/s1. The van der Waals surface area contributed by atoms with Gasteiger partial charge in [-0.05, 0) is 32.4 Å². The minimum absolute atomic E-state index is 0.0711. The molecular formula is C14H17ClF3NO2. The molecule has 1 aromatic rings. The average Bonchev–Trinajstić information content (AvgIpc) is 2.36. The Morgan fingerprint density at radius 1 is 1.38 bits per heavy atom.